The summed E-state index contributed by atoms with van der Waals surface area (Å²) in [6.45, 7) is 5.01. The second kappa shape index (κ2) is 7.66. The number of carbonyl (C=O) groups is 2. The predicted octanol–water partition coefficient (Wildman–Crippen LogP) is 1.39. The van der Waals surface area contributed by atoms with E-state index >= 15 is 0 Å². The molecule has 0 aliphatic rings. The molecule has 0 aromatic carbocycles. The van der Waals surface area contributed by atoms with Gasteiger partial charge in [0.05, 0.1) is 13.5 Å². The van der Waals surface area contributed by atoms with E-state index < -0.39 is 0 Å². The van der Waals surface area contributed by atoms with Crippen LogP contribution in [0, 0.1) is 5.92 Å². The minimum absolute atomic E-state index is 0.0458. The molecule has 6 heteroatoms. The van der Waals surface area contributed by atoms with Crippen molar-refractivity contribution in [2.75, 3.05) is 7.11 Å². The van der Waals surface area contributed by atoms with Crippen molar-refractivity contribution in [2.24, 2.45) is 5.92 Å². The molecular formula is C13H21N3O3. The average Bonchev–Trinajstić information content (AvgIpc) is 2.79. The molecule has 0 amide bonds. The monoisotopic (exact) mass is 267 g/mol. The average molecular weight is 267 g/mol. The maximum atomic E-state index is 11.6. The first-order valence-corrected chi connectivity index (χ1v) is 6.48. The highest BCUT2D eigenvalue weighted by molar-refractivity contribution is 5.82. The standard InChI is InChI=1S/C13H21N3O3/c1-10(2)8-16-12(14-9-15-16)6-4-11(17)5-7-13(18)19-3/h9-10H,4-8H2,1-3H3. The molecule has 0 atom stereocenters. The summed E-state index contributed by atoms with van der Waals surface area (Å²) in [5, 5.41) is 4.14. The number of nitrogens with zero attached hydrogens (tertiary/aromatic N) is 3. The lowest BCUT2D eigenvalue weighted by atomic mass is 10.1. The number of ether oxygens (including phenoxy) is 1. The maximum absolute atomic E-state index is 11.6. The van der Waals surface area contributed by atoms with E-state index in [0.717, 1.165) is 12.4 Å². The number of Topliss-reactive ketones (excluding diaryl/α,β-unsaturated/α-hetero) is 1. The molecule has 0 radical (unpaired) electrons. The van der Waals surface area contributed by atoms with Crippen molar-refractivity contribution in [3.63, 3.8) is 0 Å². The van der Waals surface area contributed by atoms with E-state index in [1.54, 1.807) is 0 Å². The SMILES string of the molecule is COC(=O)CCC(=O)CCc1ncnn1CC(C)C. The van der Waals surface area contributed by atoms with Crippen molar-refractivity contribution in [1.82, 2.24) is 14.8 Å². The number of esters is 1. The van der Waals surface area contributed by atoms with E-state index in [4.69, 9.17) is 0 Å². The summed E-state index contributed by atoms with van der Waals surface area (Å²) in [5.41, 5.74) is 0. The van der Waals surface area contributed by atoms with Gasteiger partial charge in [0.25, 0.3) is 0 Å². The molecular weight excluding hydrogens is 246 g/mol. The van der Waals surface area contributed by atoms with Gasteiger partial charge >= 0.3 is 5.97 Å². The second-order valence-electron chi connectivity index (χ2n) is 4.87. The van der Waals surface area contributed by atoms with Crippen LogP contribution in [0.25, 0.3) is 0 Å². The van der Waals surface area contributed by atoms with Gasteiger partial charge in [-0.1, -0.05) is 13.8 Å². The number of hydrogen-bond acceptors (Lipinski definition) is 5. The van der Waals surface area contributed by atoms with Gasteiger partial charge in [0, 0.05) is 25.8 Å². The lowest BCUT2D eigenvalue weighted by molar-refractivity contribution is -0.141. The van der Waals surface area contributed by atoms with Gasteiger partial charge in [-0.2, -0.15) is 5.10 Å². The van der Waals surface area contributed by atoms with Crippen LogP contribution in [0.5, 0.6) is 0 Å². The molecule has 0 unspecified atom stereocenters. The topological polar surface area (TPSA) is 74.1 Å². The highest BCUT2D eigenvalue weighted by Gasteiger charge is 2.10. The summed E-state index contributed by atoms with van der Waals surface area (Å²) in [6.07, 6.45) is 2.83. The van der Waals surface area contributed by atoms with E-state index in [0.29, 0.717) is 18.8 Å². The summed E-state index contributed by atoms with van der Waals surface area (Å²) < 4.78 is 6.33. The van der Waals surface area contributed by atoms with Crippen molar-refractivity contribution >= 4 is 11.8 Å². The van der Waals surface area contributed by atoms with Crippen molar-refractivity contribution in [2.45, 2.75) is 46.1 Å². The molecule has 1 aromatic rings. The maximum Gasteiger partial charge on any atom is 0.305 e. The highest BCUT2D eigenvalue weighted by atomic mass is 16.5. The van der Waals surface area contributed by atoms with Gasteiger partial charge in [-0.25, -0.2) is 9.67 Å². The highest BCUT2D eigenvalue weighted by Crippen LogP contribution is 2.06. The van der Waals surface area contributed by atoms with Gasteiger partial charge in [-0.05, 0) is 5.92 Å². The largest absolute Gasteiger partial charge is 0.469 e. The number of methoxy groups -OCH3 is 1. The lowest BCUT2D eigenvalue weighted by Gasteiger charge is -2.08. The Morgan fingerprint density at radius 3 is 2.68 bits per heavy atom. The number of aryl methyl sites for hydroxylation is 1. The zero-order chi connectivity index (χ0) is 14.3. The lowest BCUT2D eigenvalue weighted by Crippen LogP contribution is -2.12. The number of hydrogen-bond donors (Lipinski definition) is 0. The Balaban J connectivity index is 2.38. The Hall–Kier alpha value is -1.72. The molecule has 0 saturated heterocycles. The number of rotatable bonds is 8. The van der Waals surface area contributed by atoms with Crippen LogP contribution in [0.1, 0.15) is 38.9 Å². The molecule has 0 aliphatic carbocycles. The first kappa shape index (κ1) is 15.3. The van der Waals surface area contributed by atoms with Crippen LogP contribution in [0.3, 0.4) is 0 Å². The minimum Gasteiger partial charge on any atom is -0.469 e. The molecule has 1 rings (SSSR count). The van der Waals surface area contributed by atoms with E-state index in [1.165, 1.54) is 13.4 Å². The molecule has 0 spiro atoms. The van der Waals surface area contributed by atoms with Gasteiger partial charge in [0.15, 0.2) is 0 Å². The van der Waals surface area contributed by atoms with Crippen LogP contribution in [-0.4, -0.2) is 33.6 Å². The summed E-state index contributed by atoms with van der Waals surface area (Å²) in [6, 6.07) is 0. The third kappa shape index (κ3) is 5.63. The van der Waals surface area contributed by atoms with Gasteiger partial charge in [0.2, 0.25) is 0 Å². The molecule has 6 nitrogen and oxygen atoms in total. The van der Waals surface area contributed by atoms with E-state index in [1.807, 2.05) is 4.68 Å². The minimum atomic E-state index is -0.351. The number of ketones is 1. The zero-order valence-corrected chi connectivity index (χ0v) is 11.8. The Labute approximate surface area is 113 Å². The van der Waals surface area contributed by atoms with Crippen LogP contribution >= 0.6 is 0 Å². The van der Waals surface area contributed by atoms with Gasteiger partial charge in [0.1, 0.15) is 17.9 Å². The Kier molecular flexibility index (Phi) is 6.18. The van der Waals surface area contributed by atoms with Crippen molar-refractivity contribution in [3.05, 3.63) is 12.2 Å². The Morgan fingerprint density at radius 1 is 1.32 bits per heavy atom. The summed E-state index contributed by atoms with van der Waals surface area (Å²) in [5.74, 6) is 0.997. The van der Waals surface area contributed by atoms with E-state index in [-0.39, 0.29) is 24.6 Å². The summed E-state index contributed by atoms with van der Waals surface area (Å²) in [7, 11) is 1.32. The molecule has 0 saturated carbocycles. The third-order valence-corrected chi connectivity index (χ3v) is 2.70. The summed E-state index contributed by atoms with van der Waals surface area (Å²) >= 11 is 0. The number of carbonyl (C=O) groups excluding carboxylic acids is 2. The van der Waals surface area contributed by atoms with Gasteiger partial charge in [-0.3, -0.25) is 9.59 Å². The molecule has 106 valence electrons. The quantitative estimate of drug-likeness (QED) is 0.665. The molecule has 1 aromatic heterocycles. The van der Waals surface area contributed by atoms with Gasteiger partial charge < -0.3 is 4.74 Å². The molecule has 0 N–H and O–H groups in total. The second-order valence-corrected chi connectivity index (χ2v) is 4.87. The fourth-order valence-corrected chi connectivity index (χ4v) is 1.70. The molecule has 0 bridgehead atoms. The van der Waals surface area contributed by atoms with Crippen LogP contribution < -0.4 is 0 Å². The van der Waals surface area contributed by atoms with E-state index in [2.05, 4.69) is 28.7 Å². The molecule has 0 aliphatic heterocycles. The normalized spacial score (nSPS) is 10.7. The molecule has 19 heavy (non-hydrogen) atoms. The summed E-state index contributed by atoms with van der Waals surface area (Å²) in [4.78, 5) is 26.7. The Bertz CT molecular complexity index is 427. The smallest absolute Gasteiger partial charge is 0.305 e. The van der Waals surface area contributed by atoms with Crippen LogP contribution in [0.15, 0.2) is 6.33 Å². The fourth-order valence-electron chi connectivity index (χ4n) is 1.70. The fraction of sp³-hybridized carbons (Fsp3) is 0.692. The van der Waals surface area contributed by atoms with Crippen LogP contribution in [0.2, 0.25) is 0 Å². The molecule has 0 fully saturated rings. The third-order valence-electron chi connectivity index (χ3n) is 2.70. The number of aromatic nitrogens is 3. The molecule has 1 heterocycles. The van der Waals surface area contributed by atoms with E-state index in [9.17, 15) is 9.59 Å². The first-order valence-electron chi connectivity index (χ1n) is 6.48. The van der Waals surface area contributed by atoms with Crippen LogP contribution in [-0.2, 0) is 27.3 Å². The van der Waals surface area contributed by atoms with Crippen LogP contribution in [0.4, 0.5) is 0 Å². The van der Waals surface area contributed by atoms with Gasteiger partial charge in [-0.15, -0.1) is 0 Å². The first-order chi connectivity index (χ1) is 9.02. The predicted molar refractivity (Wildman–Crippen MR) is 69.4 cm³/mol. The van der Waals surface area contributed by atoms with Crippen molar-refractivity contribution < 1.29 is 14.3 Å². The van der Waals surface area contributed by atoms with Crippen molar-refractivity contribution in [1.29, 1.82) is 0 Å². The Morgan fingerprint density at radius 2 is 2.05 bits per heavy atom. The zero-order valence-electron chi connectivity index (χ0n) is 11.8. The van der Waals surface area contributed by atoms with Crippen molar-refractivity contribution in [3.8, 4) is 0 Å².